The van der Waals surface area contributed by atoms with Crippen LogP contribution in [0.25, 0.3) is 0 Å². The average Bonchev–Trinajstić information content (AvgIpc) is 3.12. The van der Waals surface area contributed by atoms with Crippen molar-refractivity contribution in [3.63, 3.8) is 0 Å². The lowest BCUT2D eigenvalue weighted by Crippen LogP contribution is -2.38. The van der Waals surface area contributed by atoms with Gasteiger partial charge in [-0.25, -0.2) is 4.79 Å². The summed E-state index contributed by atoms with van der Waals surface area (Å²) < 4.78 is 5.24. The summed E-state index contributed by atoms with van der Waals surface area (Å²) >= 11 is 0. The number of ether oxygens (including phenoxy) is 1. The number of para-hydroxylation sites is 1. The van der Waals surface area contributed by atoms with E-state index in [2.05, 4.69) is 6.92 Å². The Labute approximate surface area is 186 Å². The van der Waals surface area contributed by atoms with Crippen molar-refractivity contribution in [3.05, 3.63) is 63.7 Å². The first-order valence-electron chi connectivity index (χ1n) is 11.0. The molecule has 0 bridgehead atoms. The second-order valence-electron chi connectivity index (χ2n) is 8.68. The highest BCUT2D eigenvalue weighted by Crippen LogP contribution is 2.33. The number of fused-ring (bicyclic) bond motifs is 1. The summed E-state index contributed by atoms with van der Waals surface area (Å²) in [6.07, 6.45) is 2.82. The number of esters is 1. The molecule has 4 rings (SSSR count). The molecule has 0 saturated carbocycles. The van der Waals surface area contributed by atoms with E-state index in [9.17, 15) is 19.7 Å². The Morgan fingerprint density at radius 3 is 2.69 bits per heavy atom. The summed E-state index contributed by atoms with van der Waals surface area (Å²) in [6, 6.07) is 12.0. The SMILES string of the molecule is CC1CCCN(c2ccc(C(=O)OCC(=O)N3c4ccccc4CC3C)cc2[N+](=O)[O-])C1. The van der Waals surface area contributed by atoms with Crippen LogP contribution in [0.4, 0.5) is 17.1 Å². The van der Waals surface area contributed by atoms with Crippen molar-refractivity contribution < 1.29 is 19.2 Å². The van der Waals surface area contributed by atoms with Gasteiger partial charge in [-0.15, -0.1) is 0 Å². The number of piperidine rings is 1. The molecule has 0 N–H and O–H groups in total. The van der Waals surface area contributed by atoms with Crippen LogP contribution in [0.15, 0.2) is 42.5 Å². The van der Waals surface area contributed by atoms with Crippen LogP contribution in [0.5, 0.6) is 0 Å². The molecule has 0 spiro atoms. The van der Waals surface area contributed by atoms with Gasteiger partial charge in [-0.05, 0) is 55.9 Å². The minimum atomic E-state index is -0.750. The first kappa shape index (κ1) is 21.8. The highest BCUT2D eigenvalue weighted by Gasteiger charge is 2.31. The summed E-state index contributed by atoms with van der Waals surface area (Å²) in [5.74, 6) is -0.610. The fraction of sp³-hybridized carbons (Fsp3) is 0.417. The van der Waals surface area contributed by atoms with E-state index in [0.29, 0.717) is 11.6 Å². The molecule has 2 aromatic carbocycles. The Bertz CT molecular complexity index is 1050. The monoisotopic (exact) mass is 437 g/mol. The Morgan fingerprint density at radius 1 is 1.16 bits per heavy atom. The first-order chi connectivity index (χ1) is 15.3. The summed E-state index contributed by atoms with van der Waals surface area (Å²) in [5.41, 5.74) is 2.36. The number of benzene rings is 2. The fourth-order valence-electron chi connectivity index (χ4n) is 4.70. The summed E-state index contributed by atoms with van der Waals surface area (Å²) in [5, 5.41) is 11.7. The Morgan fingerprint density at radius 2 is 1.94 bits per heavy atom. The van der Waals surface area contributed by atoms with E-state index in [1.807, 2.05) is 36.1 Å². The maximum Gasteiger partial charge on any atom is 0.338 e. The molecule has 168 valence electrons. The molecule has 2 unspecified atom stereocenters. The Balaban J connectivity index is 1.46. The van der Waals surface area contributed by atoms with Gasteiger partial charge in [-0.2, -0.15) is 0 Å². The number of amides is 1. The number of nitrogens with zero attached hydrogens (tertiary/aromatic N) is 3. The number of anilines is 2. The van der Waals surface area contributed by atoms with Gasteiger partial charge in [-0.3, -0.25) is 14.9 Å². The normalized spacial score (nSPS) is 20.1. The summed E-state index contributed by atoms with van der Waals surface area (Å²) in [4.78, 5) is 40.2. The number of hydrogen-bond acceptors (Lipinski definition) is 6. The number of rotatable bonds is 5. The van der Waals surface area contributed by atoms with Crippen molar-refractivity contribution in [2.45, 2.75) is 39.2 Å². The highest BCUT2D eigenvalue weighted by atomic mass is 16.6. The maximum absolute atomic E-state index is 12.8. The second-order valence-corrected chi connectivity index (χ2v) is 8.68. The lowest BCUT2D eigenvalue weighted by molar-refractivity contribution is -0.384. The average molecular weight is 437 g/mol. The van der Waals surface area contributed by atoms with Crippen molar-refractivity contribution in [2.24, 2.45) is 5.92 Å². The molecule has 8 nitrogen and oxygen atoms in total. The summed E-state index contributed by atoms with van der Waals surface area (Å²) in [7, 11) is 0. The molecule has 1 fully saturated rings. The molecule has 2 aliphatic heterocycles. The van der Waals surface area contributed by atoms with E-state index in [-0.39, 0.29) is 23.2 Å². The van der Waals surface area contributed by atoms with Gasteiger partial charge in [0.2, 0.25) is 0 Å². The number of hydrogen-bond donors (Lipinski definition) is 0. The summed E-state index contributed by atoms with van der Waals surface area (Å²) in [6.45, 7) is 5.15. The van der Waals surface area contributed by atoms with Crippen molar-refractivity contribution in [3.8, 4) is 0 Å². The highest BCUT2D eigenvalue weighted by molar-refractivity contribution is 5.99. The number of carbonyl (C=O) groups is 2. The molecule has 8 heteroatoms. The minimum Gasteiger partial charge on any atom is -0.452 e. The van der Waals surface area contributed by atoms with Crippen LogP contribution in [0.1, 0.15) is 42.6 Å². The van der Waals surface area contributed by atoms with Gasteiger partial charge in [0.25, 0.3) is 11.6 Å². The molecule has 0 aliphatic carbocycles. The van der Waals surface area contributed by atoms with Gasteiger partial charge in [-0.1, -0.05) is 25.1 Å². The minimum absolute atomic E-state index is 0.0223. The zero-order valence-electron chi connectivity index (χ0n) is 18.3. The van der Waals surface area contributed by atoms with Crippen LogP contribution >= 0.6 is 0 Å². The van der Waals surface area contributed by atoms with Crippen LogP contribution in [-0.4, -0.2) is 42.5 Å². The van der Waals surface area contributed by atoms with Crippen molar-refractivity contribution in [1.82, 2.24) is 0 Å². The molecule has 32 heavy (non-hydrogen) atoms. The van der Waals surface area contributed by atoms with Crippen LogP contribution in [0.2, 0.25) is 0 Å². The lowest BCUT2D eigenvalue weighted by atomic mass is 9.99. The van der Waals surface area contributed by atoms with Gasteiger partial charge in [0.1, 0.15) is 5.69 Å². The third-order valence-electron chi connectivity index (χ3n) is 6.21. The van der Waals surface area contributed by atoms with Gasteiger partial charge in [0.15, 0.2) is 6.61 Å². The third kappa shape index (κ3) is 4.30. The standard InChI is InChI=1S/C24H27N3O5/c1-16-6-5-11-25(14-16)21-10-9-19(13-22(21)27(30)31)24(29)32-15-23(28)26-17(2)12-18-7-3-4-8-20(18)26/h3-4,7-10,13,16-17H,5-6,11-12,14-15H2,1-2H3. The largest absolute Gasteiger partial charge is 0.452 e. The Hall–Kier alpha value is -3.42. The van der Waals surface area contributed by atoms with Gasteiger partial charge in [0, 0.05) is 30.9 Å². The van der Waals surface area contributed by atoms with Crippen molar-refractivity contribution >= 4 is 28.9 Å². The lowest BCUT2D eigenvalue weighted by Gasteiger charge is -2.32. The number of nitro benzene ring substituents is 1. The van der Waals surface area contributed by atoms with E-state index in [1.54, 1.807) is 11.0 Å². The molecule has 1 saturated heterocycles. The van der Waals surface area contributed by atoms with Crippen LogP contribution in [-0.2, 0) is 16.0 Å². The second kappa shape index (κ2) is 8.98. The molecule has 2 heterocycles. The van der Waals surface area contributed by atoms with E-state index >= 15 is 0 Å². The number of nitro groups is 1. The fourth-order valence-corrected chi connectivity index (χ4v) is 4.70. The predicted octanol–water partition coefficient (Wildman–Crippen LogP) is 3.97. The Kier molecular flexibility index (Phi) is 6.12. The smallest absolute Gasteiger partial charge is 0.338 e. The molecular formula is C24H27N3O5. The van der Waals surface area contributed by atoms with E-state index in [4.69, 9.17) is 4.74 Å². The van der Waals surface area contributed by atoms with Crippen LogP contribution < -0.4 is 9.80 Å². The zero-order valence-corrected chi connectivity index (χ0v) is 18.3. The molecule has 0 aromatic heterocycles. The molecule has 2 aromatic rings. The van der Waals surface area contributed by atoms with Crippen LogP contribution in [0, 0.1) is 16.0 Å². The van der Waals surface area contributed by atoms with E-state index in [0.717, 1.165) is 43.6 Å². The van der Waals surface area contributed by atoms with E-state index < -0.39 is 17.5 Å². The third-order valence-corrected chi connectivity index (χ3v) is 6.21. The van der Waals surface area contributed by atoms with Gasteiger partial charge in [0.05, 0.1) is 10.5 Å². The molecule has 2 atom stereocenters. The topological polar surface area (TPSA) is 93.0 Å². The molecule has 0 radical (unpaired) electrons. The molecule has 2 aliphatic rings. The quantitative estimate of drug-likeness (QED) is 0.399. The van der Waals surface area contributed by atoms with Crippen molar-refractivity contribution in [1.29, 1.82) is 0 Å². The first-order valence-corrected chi connectivity index (χ1v) is 11.0. The van der Waals surface area contributed by atoms with E-state index in [1.165, 1.54) is 12.1 Å². The predicted molar refractivity (Wildman–Crippen MR) is 121 cm³/mol. The van der Waals surface area contributed by atoms with Gasteiger partial charge >= 0.3 is 5.97 Å². The van der Waals surface area contributed by atoms with Crippen molar-refractivity contribution in [2.75, 3.05) is 29.5 Å². The van der Waals surface area contributed by atoms with Crippen LogP contribution in [0.3, 0.4) is 0 Å². The zero-order chi connectivity index (χ0) is 22.8. The molecule has 1 amide bonds. The molecular weight excluding hydrogens is 410 g/mol. The number of carbonyl (C=O) groups excluding carboxylic acids is 2. The maximum atomic E-state index is 12.8. The van der Waals surface area contributed by atoms with Gasteiger partial charge < -0.3 is 14.5 Å².